The van der Waals surface area contributed by atoms with E-state index in [1.807, 2.05) is 0 Å². The molecule has 9 heteroatoms. The Morgan fingerprint density at radius 1 is 1.50 bits per heavy atom. The molecule has 0 bridgehead atoms. The summed E-state index contributed by atoms with van der Waals surface area (Å²) in [5.41, 5.74) is 0.544. The molecule has 0 saturated carbocycles. The molecule has 3 N–H and O–H groups in total. The fourth-order valence-electron chi connectivity index (χ4n) is 3.04. The number of nitrogens with one attached hydrogen (secondary N) is 1. The van der Waals surface area contributed by atoms with Gasteiger partial charge in [-0.3, -0.25) is 13.9 Å². The second-order valence-electron chi connectivity index (χ2n) is 5.61. The zero-order valence-corrected chi connectivity index (χ0v) is 11.8. The first kappa shape index (κ1) is 13.7. The molecule has 0 spiro atoms. The Morgan fingerprint density at radius 3 is 3.14 bits per heavy atom. The van der Waals surface area contributed by atoms with E-state index in [9.17, 15) is 15.0 Å². The molecular formula is C13H17N5O4. The van der Waals surface area contributed by atoms with Gasteiger partial charge in [0.25, 0.3) is 5.56 Å². The van der Waals surface area contributed by atoms with E-state index in [1.54, 1.807) is 9.13 Å². The van der Waals surface area contributed by atoms with E-state index < -0.39 is 18.4 Å². The molecular weight excluding hydrogens is 290 g/mol. The van der Waals surface area contributed by atoms with Crippen LogP contribution in [0.3, 0.4) is 0 Å². The van der Waals surface area contributed by atoms with Gasteiger partial charge in [-0.05, 0) is 6.42 Å². The van der Waals surface area contributed by atoms with Gasteiger partial charge in [-0.25, -0.2) is 4.98 Å². The highest BCUT2D eigenvalue weighted by atomic mass is 16.5. The molecule has 2 aromatic rings. The van der Waals surface area contributed by atoms with Crippen molar-refractivity contribution in [3.8, 4) is 0 Å². The van der Waals surface area contributed by atoms with Crippen LogP contribution in [0.5, 0.6) is 0 Å². The zero-order valence-electron chi connectivity index (χ0n) is 11.8. The van der Waals surface area contributed by atoms with Crippen LogP contribution in [0.4, 0.5) is 5.95 Å². The summed E-state index contributed by atoms with van der Waals surface area (Å²) < 4.78 is 8.85. The Bertz CT molecular complexity index is 770. The Hall–Kier alpha value is -1.97. The topological polar surface area (TPSA) is 114 Å². The van der Waals surface area contributed by atoms with Crippen molar-refractivity contribution in [2.24, 2.45) is 0 Å². The van der Waals surface area contributed by atoms with Crippen LogP contribution in [-0.4, -0.2) is 54.7 Å². The minimum absolute atomic E-state index is 0.178. The molecule has 118 valence electrons. The van der Waals surface area contributed by atoms with Crippen LogP contribution in [0, 0.1) is 0 Å². The lowest BCUT2D eigenvalue weighted by atomic mass is 10.2. The van der Waals surface area contributed by atoms with E-state index in [1.165, 1.54) is 6.33 Å². The summed E-state index contributed by atoms with van der Waals surface area (Å²) in [6.07, 6.45) is 0.836. The van der Waals surface area contributed by atoms with Gasteiger partial charge in [0.2, 0.25) is 5.95 Å². The van der Waals surface area contributed by atoms with Gasteiger partial charge in [-0.15, -0.1) is 0 Å². The van der Waals surface area contributed by atoms with E-state index in [2.05, 4.69) is 15.3 Å². The molecule has 2 aliphatic heterocycles. The van der Waals surface area contributed by atoms with E-state index in [-0.39, 0.29) is 17.7 Å². The summed E-state index contributed by atoms with van der Waals surface area (Å²) in [5, 5.41) is 22.2. The van der Waals surface area contributed by atoms with Crippen LogP contribution in [0.15, 0.2) is 11.1 Å². The summed E-state index contributed by atoms with van der Waals surface area (Å²) >= 11 is 0. The van der Waals surface area contributed by atoms with Crippen molar-refractivity contribution in [2.45, 2.75) is 37.8 Å². The second kappa shape index (κ2) is 5.04. The average Bonchev–Trinajstić information content (AvgIpc) is 3.11. The number of ether oxygens (including phenoxy) is 1. The molecule has 0 radical (unpaired) electrons. The van der Waals surface area contributed by atoms with Gasteiger partial charge in [0.05, 0.1) is 19.0 Å². The van der Waals surface area contributed by atoms with Gasteiger partial charge in [0.1, 0.15) is 12.3 Å². The molecule has 0 amide bonds. The number of aliphatic hydroxyl groups is 2. The largest absolute Gasteiger partial charge is 0.394 e. The molecule has 4 heterocycles. The third-order valence-corrected chi connectivity index (χ3v) is 4.22. The molecule has 3 atom stereocenters. The normalized spacial score (nSPS) is 27.8. The fraction of sp³-hybridized carbons (Fsp3) is 0.615. The Kier molecular flexibility index (Phi) is 3.13. The van der Waals surface area contributed by atoms with Crippen molar-refractivity contribution in [3.05, 3.63) is 16.7 Å². The minimum Gasteiger partial charge on any atom is -0.394 e. The number of imidazole rings is 1. The van der Waals surface area contributed by atoms with Crippen molar-refractivity contribution in [3.63, 3.8) is 0 Å². The third kappa shape index (κ3) is 1.93. The molecule has 1 unspecified atom stereocenters. The second-order valence-corrected chi connectivity index (χ2v) is 5.61. The van der Waals surface area contributed by atoms with Gasteiger partial charge in [0.15, 0.2) is 11.2 Å². The van der Waals surface area contributed by atoms with Crippen LogP contribution in [0.2, 0.25) is 0 Å². The van der Waals surface area contributed by atoms with Gasteiger partial charge < -0.3 is 20.3 Å². The quantitative estimate of drug-likeness (QED) is 0.655. The minimum atomic E-state index is -0.746. The smallest absolute Gasteiger partial charge is 0.283 e. The van der Waals surface area contributed by atoms with Gasteiger partial charge in [0, 0.05) is 19.5 Å². The van der Waals surface area contributed by atoms with Crippen LogP contribution < -0.4 is 10.9 Å². The number of aromatic nitrogens is 4. The van der Waals surface area contributed by atoms with Crippen LogP contribution in [0.1, 0.15) is 19.1 Å². The number of fused-ring (bicyclic) bond motifs is 2. The molecule has 0 aliphatic carbocycles. The highest BCUT2D eigenvalue weighted by molar-refractivity contribution is 5.71. The molecule has 22 heavy (non-hydrogen) atoms. The Balaban J connectivity index is 1.80. The molecule has 0 aromatic carbocycles. The maximum absolute atomic E-state index is 12.5. The first-order chi connectivity index (χ1) is 10.7. The third-order valence-electron chi connectivity index (χ3n) is 4.22. The summed E-state index contributed by atoms with van der Waals surface area (Å²) in [7, 11) is 0. The SMILES string of the molecule is O=c1c2ncn([C@H]3CC(O)[C@@H](CO)O3)c2nc2n1CCCN2. The summed E-state index contributed by atoms with van der Waals surface area (Å²) in [5.74, 6) is 0.530. The first-order valence-corrected chi connectivity index (χ1v) is 7.34. The van der Waals surface area contributed by atoms with Crippen LogP contribution in [0.25, 0.3) is 11.2 Å². The maximum atomic E-state index is 12.5. The van der Waals surface area contributed by atoms with E-state index in [4.69, 9.17) is 4.74 Å². The Morgan fingerprint density at radius 2 is 2.36 bits per heavy atom. The molecule has 4 rings (SSSR count). The monoisotopic (exact) mass is 307 g/mol. The number of nitrogens with zero attached hydrogens (tertiary/aromatic N) is 4. The van der Waals surface area contributed by atoms with Crippen molar-refractivity contribution < 1.29 is 14.9 Å². The lowest BCUT2D eigenvalue weighted by Crippen LogP contribution is -2.30. The van der Waals surface area contributed by atoms with Crippen LogP contribution >= 0.6 is 0 Å². The number of hydrogen-bond acceptors (Lipinski definition) is 7. The highest BCUT2D eigenvalue weighted by Crippen LogP contribution is 2.30. The standard InChI is InChI=1S/C13H17N5O4/c19-5-8-7(20)4-9(22-8)18-6-15-10-11(18)16-13-14-2-1-3-17(13)12(10)21/h6-9,19-20H,1-5H2,(H,14,16)/t7?,8-,9-/m1/s1. The zero-order chi connectivity index (χ0) is 15.3. The fourth-order valence-corrected chi connectivity index (χ4v) is 3.04. The van der Waals surface area contributed by atoms with Crippen molar-refractivity contribution in [1.82, 2.24) is 19.1 Å². The van der Waals surface area contributed by atoms with E-state index >= 15 is 0 Å². The first-order valence-electron chi connectivity index (χ1n) is 7.34. The van der Waals surface area contributed by atoms with E-state index in [0.29, 0.717) is 24.6 Å². The lowest BCUT2D eigenvalue weighted by molar-refractivity contribution is -0.0432. The van der Waals surface area contributed by atoms with Crippen molar-refractivity contribution >= 4 is 17.1 Å². The maximum Gasteiger partial charge on any atom is 0.283 e. The molecule has 1 fully saturated rings. The van der Waals surface area contributed by atoms with Gasteiger partial charge in [-0.2, -0.15) is 4.98 Å². The highest BCUT2D eigenvalue weighted by Gasteiger charge is 2.35. The van der Waals surface area contributed by atoms with Gasteiger partial charge in [-0.1, -0.05) is 0 Å². The number of hydrogen-bond donors (Lipinski definition) is 3. The van der Waals surface area contributed by atoms with Gasteiger partial charge >= 0.3 is 0 Å². The van der Waals surface area contributed by atoms with Crippen molar-refractivity contribution in [2.75, 3.05) is 18.5 Å². The average molecular weight is 307 g/mol. The summed E-state index contributed by atoms with van der Waals surface area (Å²) in [6, 6.07) is 0. The molecule has 2 aromatic heterocycles. The molecule has 1 saturated heterocycles. The Labute approximate surface area is 125 Å². The number of anilines is 1. The van der Waals surface area contributed by atoms with Crippen LogP contribution in [-0.2, 0) is 11.3 Å². The number of aliphatic hydroxyl groups excluding tert-OH is 2. The predicted octanol–water partition coefficient (Wildman–Crippen LogP) is -0.951. The number of rotatable bonds is 2. The predicted molar refractivity (Wildman–Crippen MR) is 76.5 cm³/mol. The van der Waals surface area contributed by atoms with Crippen molar-refractivity contribution in [1.29, 1.82) is 0 Å². The molecule has 2 aliphatic rings. The summed E-state index contributed by atoms with van der Waals surface area (Å²) in [6.45, 7) is 1.15. The lowest BCUT2D eigenvalue weighted by Gasteiger charge is -2.19. The molecule has 9 nitrogen and oxygen atoms in total. The summed E-state index contributed by atoms with van der Waals surface area (Å²) in [4.78, 5) is 21.1. The van der Waals surface area contributed by atoms with E-state index in [0.717, 1.165) is 13.0 Å².